The monoisotopic (exact) mass is 381 g/mol. The van der Waals surface area contributed by atoms with Gasteiger partial charge in [0.2, 0.25) is 5.91 Å². The van der Waals surface area contributed by atoms with Gasteiger partial charge in [0.15, 0.2) is 0 Å². The van der Waals surface area contributed by atoms with Crippen molar-refractivity contribution in [2.24, 2.45) is 11.8 Å². The Bertz CT molecular complexity index is 660. The van der Waals surface area contributed by atoms with Crippen LogP contribution in [0.4, 0.5) is 0 Å². The highest BCUT2D eigenvalue weighted by atomic mass is 35.5. The van der Waals surface area contributed by atoms with E-state index < -0.39 is 0 Å². The first-order valence-electron chi connectivity index (χ1n) is 8.16. The molecule has 0 bridgehead atoms. The molecule has 6 heteroatoms. The molecule has 25 heavy (non-hydrogen) atoms. The molecular formula is C19H25Cl2N3O. The number of amides is 1. The third kappa shape index (κ3) is 5.18. The number of pyridine rings is 1. The summed E-state index contributed by atoms with van der Waals surface area (Å²) in [6.07, 6.45) is 3.63. The molecule has 2 N–H and O–H groups in total. The second-order valence-electron chi connectivity index (χ2n) is 6.30. The number of halogens is 2. The highest BCUT2D eigenvalue weighted by Crippen LogP contribution is 2.22. The summed E-state index contributed by atoms with van der Waals surface area (Å²) in [4.78, 5) is 16.4. The summed E-state index contributed by atoms with van der Waals surface area (Å²) in [7, 11) is 0. The molecule has 1 aliphatic heterocycles. The van der Waals surface area contributed by atoms with E-state index in [0.717, 1.165) is 29.8 Å². The first kappa shape index (κ1) is 21.4. The number of carbonyl (C=O) groups is 1. The predicted octanol–water partition coefficient (Wildman–Crippen LogP) is 3.62. The predicted molar refractivity (Wildman–Crippen MR) is 106 cm³/mol. The largest absolute Gasteiger partial charge is 0.349 e. The van der Waals surface area contributed by atoms with Crippen LogP contribution < -0.4 is 10.6 Å². The van der Waals surface area contributed by atoms with Crippen molar-refractivity contribution in [2.45, 2.75) is 19.9 Å². The summed E-state index contributed by atoms with van der Waals surface area (Å²) in [5, 5.41) is 6.34. The maximum absolute atomic E-state index is 12.3. The molecule has 0 radical (unpaired) electrons. The van der Waals surface area contributed by atoms with Crippen molar-refractivity contribution in [1.82, 2.24) is 15.6 Å². The summed E-state index contributed by atoms with van der Waals surface area (Å²) in [6, 6.07) is 12.3. The fraction of sp³-hybridized carbons (Fsp3) is 0.368. The minimum absolute atomic E-state index is 0. The van der Waals surface area contributed by atoms with Gasteiger partial charge >= 0.3 is 0 Å². The first-order valence-corrected chi connectivity index (χ1v) is 8.16. The second-order valence-corrected chi connectivity index (χ2v) is 6.30. The molecule has 2 aromatic rings. The number of nitrogens with one attached hydrogen (secondary N) is 2. The molecule has 0 aliphatic carbocycles. The van der Waals surface area contributed by atoms with Crippen LogP contribution in [0, 0.1) is 11.8 Å². The highest BCUT2D eigenvalue weighted by molar-refractivity contribution is 5.85. The molecule has 1 aromatic heterocycles. The highest BCUT2D eigenvalue weighted by Gasteiger charge is 2.29. The minimum atomic E-state index is 0. The summed E-state index contributed by atoms with van der Waals surface area (Å²) >= 11 is 0. The maximum Gasteiger partial charge on any atom is 0.223 e. The zero-order valence-electron chi connectivity index (χ0n) is 14.4. The molecule has 1 saturated heterocycles. The number of aromatic nitrogens is 1. The fourth-order valence-electron chi connectivity index (χ4n) is 2.80. The standard InChI is InChI=1S/C19H23N3O.2ClH/c1-13(18-11-21-12-18)19(23)22-14(2)15-5-7-16(8-6-15)17-4-3-9-20-10-17;;/h3-10,13-14,18,21H,11-12H2,1-2H3,(H,22,23);2*1H. The SMILES string of the molecule is CC(NC(=O)C(C)C1CNC1)c1ccc(-c2cccnc2)cc1.Cl.Cl. The summed E-state index contributed by atoms with van der Waals surface area (Å²) < 4.78 is 0. The molecule has 0 saturated carbocycles. The quantitative estimate of drug-likeness (QED) is 0.831. The van der Waals surface area contributed by atoms with Gasteiger partial charge in [-0.1, -0.05) is 37.3 Å². The van der Waals surface area contributed by atoms with Crippen molar-refractivity contribution in [2.75, 3.05) is 13.1 Å². The molecule has 1 fully saturated rings. The van der Waals surface area contributed by atoms with Gasteiger partial charge in [0.25, 0.3) is 0 Å². The Hall–Kier alpha value is -1.62. The van der Waals surface area contributed by atoms with Crippen LogP contribution >= 0.6 is 24.8 Å². The topological polar surface area (TPSA) is 54.0 Å². The Kier molecular flexibility index (Phi) is 8.36. The van der Waals surface area contributed by atoms with Crippen LogP contribution in [0.2, 0.25) is 0 Å². The average Bonchev–Trinajstić information content (AvgIpc) is 2.54. The number of rotatable bonds is 5. The maximum atomic E-state index is 12.3. The number of hydrogen-bond acceptors (Lipinski definition) is 3. The van der Waals surface area contributed by atoms with Gasteiger partial charge in [0.05, 0.1) is 6.04 Å². The number of hydrogen-bond donors (Lipinski definition) is 2. The lowest BCUT2D eigenvalue weighted by molar-refractivity contribution is -0.127. The first-order chi connectivity index (χ1) is 11.1. The fourth-order valence-corrected chi connectivity index (χ4v) is 2.80. The molecule has 1 aromatic carbocycles. The molecule has 136 valence electrons. The van der Waals surface area contributed by atoms with Crippen molar-refractivity contribution in [3.63, 3.8) is 0 Å². The van der Waals surface area contributed by atoms with Crippen LogP contribution in [0.5, 0.6) is 0 Å². The van der Waals surface area contributed by atoms with Gasteiger partial charge in [0.1, 0.15) is 0 Å². The normalized spacial score (nSPS) is 15.8. The van der Waals surface area contributed by atoms with E-state index in [9.17, 15) is 4.79 Å². The molecule has 1 amide bonds. The Morgan fingerprint density at radius 3 is 2.32 bits per heavy atom. The van der Waals surface area contributed by atoms with Crippen LogP contribution in [0.1, 0.15) is 25.5 Å². The number of carbonyl (C=O) groups excluding carboxylic acids is 1. The van der Waals surface area contributed by atoms with Gasteiger partial charge in [-0.15, -0.1) is 24.8 Å². The van der Waals surface area contributed by atoms with Crippen LogP contribution in [0.15, 0.2) is 48.8 Å². The second kappa shape index (κ2) is 9.76. The summed E-state index contributed by atoms with van der Waals surface area (Å²) in [5.74, 6) is 0.670. The number of nitrogens with zero attached hydrogens (tertiary/aromatic N) is 1. The molecular weight excluding hydrogens is 357 g/mol. The Balaban J connectivity index is 0.00000156. The Morgan fingerprint density at radius 1 is 1.12 bits per heavy atom. The third-order valence-electron chi connectivity index (χ3n) is 4.70. The smallest absolute Gasteiger partial charge is 0.223 e. The van der Waals surface area contributed by atoms with Gasteiger partial charge in [0, 0.05) is 18.3 Å². The third-order valence-corrected chi connectivity index (χ3v) is 4.70. The molecule has 3 rings (SSSR count). The van der Waals surface area contributed by atoms with E-state index in [1.165, 1.54) is 0 Å². The Labute approximate surface area is 161 Å². The van der Waals surface area contributed by atoms with Crippen LogP contribution in [0.25, 0.3) is 11.1 Å². The van der Waals surface area contributed by atoms with Crippen molar-refractivity contribution < 1.29 is 4.79 Å². The molecule has 0 spiro atoms. The summed E-state index contributed by atoms with van der Waals surface area (Å²) in [6.45, 7) is 5.94. The van der Waals surface area contributed by atoms with Crippen LogP contribution in [-0.4, -0.2) is 24.0 Å². The lowest BCUT2D eigenvalue weighted by Crippen LogP contribution is -2.49. The summed E-state index contributed by atoms with van der Waals surface area (Å²) in [5.41, 5.74) is 3.35. The van der Waals surface area contributed by atoms with E-state index in [4.69, 9.17) is 0 Å². The van der Waals surface area contributed by atoms with E-state index in [1.807, 2.05) is 32.2 Å². The average molecular weight is 382 g/mol. The van der Waals surface area contributed by atoms with E-state index >= 15 is 0 Å². The van der Waals surface area contributed by atoms with Crippen molar-refractivity contribution in [3.05, 3.63) is 54.4 Å². The lowest BCUT2D eigenvalue weighted by Gasteiger charge is -2.32. The zero-order chi connectivity index (χ0) is 16.2. The molecule has 2 heterocycles. The van der Waals surface area contributed by atoms with Gasteiger partial charge in [-0.2, -0.15) is 0 Å². The van der Waals surface area contributed by atoms with Crippen molar-refractivity contribution in [3.8, 4) is 11.1 Å². The van der Waals surface area contributed by atoms with Gasteiger partial charge in [-0.05, 0) is 48.7 Å². The molecule has 2 atom stereocenters. The number of benzene rings is 1. The zero-order valence-corrected chi connectivity index (χ0v) is 16.1. The van der Waals surface area contributed by atoms with E-state index in [1.54, 1.807) is 6.20 Å². The van der Waals surface area contributed by atoms with E-state index in [2.05, 4.69) is 39.9 Å². The van der Waals surface area contributed by atoms with E-state index in [0.29, 0.717) is 5.92 Å². The van der Waals surface area contributed by atoms with E-state index in [-0.39, 0.29) is 42.7 Å². The minimum Gasteiger partial charge on any atom is -0.349 e. The van der Waals surface area contributed by atoms with Crippen molar-refractivity contribution >= 4 is 30.7 Å². The molecule has 4 nitrogen and oxygen atoms in total. The molecule has 2 unspecified atom stereocenters. The van der Waals surface area contributed by atoms with Gasteiger partial charge < -0.3 is 10.6 Å². The van der Waals surface area contributed by atoms with Crippen molar-refractivity contribution in [1.29, 1.82) is 0 Å². The molecule has 1 aliphatic rings. The van der Waals surface area contributed by atoms with Gasteiger partial charge in [-0.25, -0.2) is 0 Å². The van der Waals surface area contributed by atoms with Crippen LogP contribution in [0.3, 0.4) is 0 Å². The van der Waals surface area contributed by atoms with Crippen LogP contribution in [-0.2, 0) is 4.79 Å². The van der Waals surface area contributed by atoms with Gasteiger partial charge in [-0.3, -0.25) is 9.78 Å². The Morgan fingerprint density at radius 2 is 1.80 bits per heavy atom. The lowest BCUT2D eigenvalue weighted by atomic mass is 9.88.